The molecule has 0 radical (unpaired) electrons. The summed E-state index contributed by atoms with van der Waals surface area (Å²) < 4.78 is 10.8. The number of carbonyl (C=O) groups is 1. The van der Waals surface area contributed by atoms with E-state index in [-0.39, 0.29) is 18.2 Å². The number of likely N-dealkylation sites (tertiary alicyclic amines) is 1. The number of carbonyl (C=O) groups excluding carboxylic acids is 1. The van der Waals surface area contributed by atoms with E-state index in [1.807, 2.05) is 20.8 Å². The molecule has 6 heteroatoms. The Morgan fingerprint density at radius 1 is 1.36 bits per heavy atom. The van der Waals surface area contributed by atoms with Crippen LogP contribution >= 0.6 is 0 Å². The molecule has 6 nitrogen and oxygen atoms in total. The van der Waals surface area contributed by atoms with E-state index >= 15 is 0 Å². The lowest BCUT2D eigenvalue weighted by molar-refractivity contribution is -0.0844. The number of hydrogen-bond acceptors (Lipinski definition) is 5. The molecule has 22 heavy (non-hydrogen) atoms. The molecule has 2 rings (SSSR count). The van der Waals surface area contributed by atoms with Crippen LogP contribution in [0, 0.1) is 0 Å². The quantitative estimate of drug-likeness (QED) is 0.809. The Morgan fingerprint density at radius 3 is 2.59 bits per heavy atom. The van der Waals surface area contributed by atoms with Crippen molar-refractivity contribution in [2.45, 2.75) is 76.2 Å². The lowest BCUT2D eigenvalue weighted by atomic mass is 9.83. The number of amides is 1. The average molecular weight is 314 g/mol. The number of ether oxygens (including phenoxy) is 2. The van der Waals surface area contributed by atoms with Gasteiger partial charge in [-0.1, -0.05) is 0 Å². The van der Waals surface area contributed by atoms with Gasteiger partial charge in [0, 0.05) is 31.8 Å². The highest BCUT2D eigenvalue weighted by molar-refractivity contribution is 5.68. The molecule has 1 amide bonds. The number of piperidine rings is 1. The predicted molar refractivity (Wildman–Crippen MR) is 83.6 cm³/mol. The number of hydrogen-bond donors (Lipinski definition) is 2. The Morgan fingerprint density at radius 2 is 2.00 bits per heavy atom. The highest BCUT2D eigenvalue weighted by Gasteiger charge is 2.39. The van der Waals surface area contributed by atoms with Crippen molar-refractivity contribution in [1.82, 2.24) is 4.90 Å². The third-order valence-electron chi connectivity index (χ3n) is 4.41. The van der Waals surface area contributed by atoms with Crippen LogP contribution in [-0.4, -0.2) is 59.1 Å². The lowest BCUT2D eigenvalue weighted by Crippen LogP contribution is -2.55. The smallest absolute Gasteiger partial charge is 0.410 e. The Bertz CT molecular complexity index is 388. The van der Waals surface area contributed by atoms with Crippen molar-refractivity contribution in [2.75, 3.05) is 19.8 Å². The lowest BCUT2D eigenvalue weighted by Gasteiger charge is -2.43. The van der Waals surface area contributed by atoms with Gasteiger partial charge in [0.05, 0.1) is 5.60 Å². The molecule has 0 spiro atoms. The van der Waals surface area contributed by atoms with E-state index in [0.29, 0.717) is 39.0 Å². The van der Waals surface area contributed by atoms with Gasteiger partial charge in [-0.2, -0.15) is 0 Å². The first-order valence-electron chi connectivity index (χ1n) is 8.24. The molecule has 3 N–H and O–H groups in total. The van der Waals surface area contributed by atoms with Crippen molar-refractivity contribution in [1.29, 1.82) is 0 Å². The Hall–Kier alpha value is -0.850. The van der Waals surface area contributed by atoms with Crippen molar-refractivity contribution in [3.63, 3.8) is 0 Å². The SMILES string of the molecule is CC(C)(C)OC(=O)N1C[C@H](N)CC[C@@H]1CC1(O)CCOCC1. The highest BCUT2D eigenvalue weighted by atomic mass is 16.6. The summed E-state index contributed by atoms with van der Waals surface area (Å²) in [5.41, 5.74) is 4.75. The molecule has 2 atom stereocenters. The molecule has 0 bridgehead atoms. The van der Waals surface area contributed by atoms with Crippen LogP contribution in [0.15, 0.2) is 0 Å². The second-order valence-electron chi connectivity index (χ2n) is 7.66. The van der Waals surface area contributed by atoms with Gasteiger partial charge in [-0.3, -0.25) is 0 Å². The third-order valence-corrected chi connectivity index (χ3v) is 4.41. The fraction of sp³-hybridized carbons (Fsp3) is 0.938. The minimum atomic E-state index is -0.745. The predicted octanol–water partition coefficient (Wildman–Crippen LogP) is 1.64. The van der Waals surface area contributed by atoms with Gasteiger partial charge in [0.1, 0.15) is 5.60 Å². The zero-order valence-corrected chi connectivity index (χ0v) is 14.0. The van der Waals surface area contributed by atoms with Gasteiger partial charge in [0.25, 0.3) is 0 Å². The molecule has 0 aliphatic carbocycles. The van der Waals surface area contributed by atoms with Gasteiger partial charge in [0.15, 0.2) is 0 Å². The topological polar surface area (TPSA) is 85.0 Å². The second-order valence-corrected chi connectivity index (χ2v) is 7.66. The van der Waals surface area contributed by atoms with Crippen LogP contribution in [0.3, 0.4) is 0 Å². The molecule has 0 saturated carbocycles. The molecular weight excluding hydrogens is 284 g/mol. The summed E-state index contributed by atoms with van der Waals surface area (Å²) in [6.45, 7) is 7.22. The summed E-state index contributed by atoms with van der Waals surface area (Å²) >= 11 is 0. The molecule has 0 unspecified atom stereocenters. The molecule has 2 aliphatic heterocycles. The van der Waals surface area contributed by atoms with E-state index in [9.17, 15) is 9.90 Å². The zero-order chi connectivity index (χ0) is 16.4. The van der Waals surface area contributed by atoms with Crippen LogP contribution < -0.4 is 5.73 Å². The van der Waals surface area contributed by atoms with Gasteiger partial charge < -0.3 is 25.2 Å². The molecule has 0 aromatic heterocycles. The van der Waals surface area contributed by atoms with Gasteiger partial charge in [0.2, 0.25) is 0 Å². The van der Waals surface area contributed by atoms with Crippen LogP contribution in [0.5, 0.6) is 0 Å². The molecule has 0 aromatic rings. The third kappa shape index (κ3) is 4.83. The van der Waals surface area contributed by atoms with E-state index in [1.54, 1.807) is 4.90 Å². The Labute approximate surface area is 132 Å². The Balaban J connectivity index is 2.04. The number of nitrogens with two attached hydrogens (primary N) is 1. The standard InChI is InChI=1S/C16H30N2O4/c1-15(2,3)22-14(19)18-11-12(17)4-5-13(18)10-16(20)6-8-21-9-7-16/h12-13,20H,4-11,17H2,1-3H3/t12-,13-/m1/s1. The molecule has 2 fully saturated rings. The molecule has 2 aliphatic rings. The van der Waals surface area contributed by atoms with Gasteiger partial charge >= 0.3 is 6.09 Å². The number of nitrogens with zero attached hydrogens (tertiary/aromatic N) is 1. The maximum absolute atomic E-state index is 12.5. The van der Waals surface area contributed by atoms with Crippen LogP contribution in [0.25, 0.3) is 0 Å². The fourth-order valence-corrected chi connectivity index (χ4v) is 3.21. The van der Waals surface area contributed by atoms with E-state index in [4.69, 9.17) is 15.2 Å². The van der Waals surface area contributed by atoms with E-state index in [1.165, 1.54) is 0 Å². The molecular formula is C16H30N2O4. The monoisotopic (exact) mass is 314 g/mol. The van der Waals surface area contributed by atoms with Gasteiger partial charge in [-0.05, 0) is 52.9 Å². The minimum Gasteiger partial charge on any atom is -0.444 e. The van der Waals surface area contributed by atoms with Gasteiger partial charge in [-0.25, -0.2) is 4.79 Å². The summed E-state index contributed by atoms with van der Waals surface area (Å²) in [6.07, 6.45) is 3.17. The van der Waals surface area contributed by atoms with Crippen LogP contribution in [0.2, 0.25) is 0 Å². The first-order chi connectivity index (χ1) is 10.2. The van der Waals surface area contributed by atoms with Crippen molar-refractivity contribution >= 4 is 6.09 Å². The van der Waals surface area contributed by atoms with E-state index in [2.05, 4.69) is 0 Å². The molecule has 0 aromatic carbocycles. The van der Waals surface area contributed by atoms with Gasteiger partial charge in [-0.15, -0.1) is 0 Å². The highest BCUT2D eigenvalue weighted by Crippen LogP contribution is 2.31. The molecule has 128 valence electrons. The summed E-state index contributed by atoms with van der Waals surface area (Å²) in [5.74, 6) is 0. The first-order valence-corrected chi connectivity index (χ1v) is 8.24. The second kappa shape index (κ2) is 6.72. The van der Waals surface area contributed by atoms with Crippen molar-refractivity contribution in [2.24, 2.45) is 5.73 Å². The maximum atomic E-state index is 12.5. The van der Waals surface area contributed by atoms with Crippen molar-refractivity contribution in [3.8, 4) is 0 Å². The fourth-order valence-electron chi connectivity index (χ4n) is 3.21. The summed E-state index contributed by atoms with van der Waals surface area (Å²) in [5, 5.41) is 10.7. The molecule has 2 heterocycles. The zero-order valence-electron chi connectivity index (χ0n) is 14.0. The first kappa shape index (κ1) is 17.5. The summed E-state index contributed by atoms with van der Waals surface area (Å²) in [4.78, 5) is 14.2. The largest absolute Gasteiger partial charge is 0.444 e. The van der Waals surface area contributed by atoms with Crippen molar-refractivity contribution < 1.29 is 19.4 Å². The normalized spacial score (nSPS) is 29.2. The average Bonchev–Trinajstić information content (AvgIpc) is 2.39. The van der Waals surface area contributed by atoms with Crippen molar-refractivity contribution in [3.05, 3.63) is 0 Å². The summed E-state index contributed by atoms with van der Waals surface area (Å²) in [6, 6.07) is -0.0362. The Kier molecular flexibility index (Phi) is 5.35. The minimum absolute atomic E-state index is 0.0160. The van der Waals surface area contributed by atoms with Crippen LogP contribution in [-0.2, 0) is 9.47 Å². The van der Waals surface area contributed by atoms with E-state index < -0.39 is 11.2 Å². The number of aliphatic hydroxyl groups is 1. The summed E-state index contributed by atoms with van der Waals surface area (Å²) in [7, 11) is 0. The molecule has 2 saturated heterocycles. The maximum Gasteiger partial charge on any atom is 0.410 e. The number of rotatable bonds is 2. The van der Waals surface area contributed by atoms with Crippen LogP contribution in [0.1, 0.15) is 52.9 Å². The van der Waals surface area contributed by atoms with E-state index in [0.717, 1.165) is 12.8 Å². The van der Waals surface area contributed by atoms with Crippen LogP contribution in [0.4, 0.5) is 4.79 Å².